The molecule has 3 aliphatic heterocycles. The lowest BCUT2D eigenvalue weighted by molar-refractivity contribution is -0.142. The SMILES string of the molecule is CSc1ncccc1C(=O)N1C2CCC1CC(N1C(=O)CCC1=O)C2. The van der Waals surface area contributed by atoms with Crippen LogP contribution in [0.4, 0.5) is 0 Å². The molecule has 132 valence electrons. The van der Waals surface area contributed by atoms with Gasteiger partial charge in [0, 0.05) is 37.2 Å². The molecule has 2 atom stereocenters. The molecule has 6 nitrogen and oxygen atoms in total. The molecule has 3 fully saturated rings. The predicted molar refractivity (Wildman–Crippen MR) is 93.1 cm³/mol. The molecule has 0 N–H and O–H groups in total. The molecule has 4 heterocycles. The minimum absolute atomic E-state index is 0.0301. The second kappa shape index (κ2) is 6.44. The van der Waals surface area contributed by atoms with Gasteiger partial charge in [-0.2, -0.15) is 0 Å². The van der Waals surface area contributed by atoms with Crippen LogP contribution >= 0.6 is 11.8 Å². The fourth-order valence-electron chi connectivity index (χ4n) is 4.55. The van der Waals surface area contributed by atoms with Crippen LogP contribution in [0.15, 0.2) is 23.4 Å². The number of hydrogen-bond donors (Lipinski definition) is 0. The second-order valence-corrected chi connectivity index (χ2v) is 7.74. The summed E-state index contributed by atoms with van der Waals surface area (Å²) >= 11 is 1.48. The van der Waals surface area contributed by atoms with Crippen LogP contribution in [-0.4, -0.2) is 56.9 Å². The maximum absolute atomic E-state index is 13.1. The van der Waals surface area contributed by atoms with Gasteiger partial charge in [0.1, 0.15) is 5.03 Å². The molecule has 0 radical (unpaired) electrons. The maximum atomic E-state index is 13.1. The van der Waals surface area contributed by atoms with Crippen LogP contribution in [-0.2, 0) is 9.59 Å². The van der Waals surface area contributed by atoms with Crippen LogP contribution in [0.5, 0.6) is 0 Å². The van der Waals surface area contributed by atoms with Crippen molar-refractivity contribution in [1.82, 2.24) is 14.8 Å². The van der Waals surface area contributed by atoms with Gasteiger partial charge in [0.05, 0.1) is 5.56 Å². The number of carbonyl (C=O) groups excluding carboxylic acids is 3. The summed E-state index contributed by atoms with van der Waals surface area (Å²) in [4.78, 5) is 45.0. The zero-order valence-corrected chi connectivity index (χ0v) is 15.0. The average molecular weight is 359 g/mol. The van der Waals surface area contributed by atoms with Crippen LogP contribution in [0.3, 0.4) is 0 Å². The van der Waals surface area contributed by atoms with Gasteiger partial charge in [-0.1, -0.05) is 0 Å². The highest BCUT2D eigenvalue weighted by molar-refractivity contribution is 7.98. The van der Waals surface area contributed by atoms with E-state index in [0.717, 1.165) is 17.9 Å². The molecule has 0 spiro atoms. The molecule has 2 bridgehead atoms. The molecule has 25 heavy (non-hydrogen) atoms. The van der Waals surface area contributed by atoms with E-state index in [-0.39, 0.29) is 35.8 Å². The van der Waals surface area contributed by atoms with Crippen molar-refractivity contribution in [3.63, 3.8) is 0 Å². The topological polar surface area (TPSA) is 70.6 Å². The Morgan fingerprint density at radius 3 is 2.36 bits per heavy atom. The number of fused-ring (bicyclic) bond motifs is 2. The van der Waals surface area contributed by atoms with Crippen LogP contribution < -0.4 is 0 Å². The van der Waals surface area contributed by atoms with E-state index in [1.165, 1.54) is 16.7 Å². The summed E-state index contributed by atoms with van der Waals surface area (Å²) in [6.45, 7) is 0. The number of piperidine rings is 1. The van der Waals surface area contributed by atoms with Crippen LogP contribution in [0.2, 0.25) is 0 Å². The highest BCUT2D eigenvalue weighted by atomic mass is 32.2. The zero-order chi connectivity index (χ0) is 17.6. The molecule has 3 amide bonds. The van der Waals surface area contributed by atoms with Crippen molar-refractivity contribution in [2.75, 3.05) is 6.26 Å². The first-order valence-corrected chi connectivity index (χ1v) is 9.99. The Balaban J connectivity index is 1.56. The molecule has 1 aromatic heterocycles. The summed E-state index contributed by atoms with van der Waals surface area (Å²) in [6, 6.07) is 3.79. The standard InChI is InChI=1S/C18H21N3O3S/c1-25-17-14(3-2-8-19-17)18(24)20-11-4-5-12(20)10-13(9-11)21-15(22)6-7-16(21)23/h2-3,8,11-13H,4-7,9-10H2,1H3. The van der Waals surface area contributed by atoms with E-state index in [9.17, 15) is 14.4 Å². The molecule has 0 aromatic carbocycles. The van der Waals surface area contributed by atoms with Gasteiger partial charge in [-0.25, -0.2) is 4.98 Å². The summed E-state index contributed by atoms with van der Waals surface area (Å²) in [6.07, 6.45) is 7.58. The lowest BCUT2D eigenvalue weighted by Gasteiger charge is -2.41. The Morgan fingerprint density at radius 2 is 1.76 bits per heavy atom. The summed E-state index contributed by atoms with van der Waals surface area (Å²) in [5, 5.41) is 0.749. The minimum Gasteiger partial charge on any atom is -0.332 e. The van der Waals surface area contributed by atoms with Gasteiger partial charge >= 0.3 is 0 Å². The maximum Gasteiger partial charge on any atom is 0.257 e. The quantitative estimate of drug-likeness (QED) is 0.610. The highest BCUT2D eigenvalue weighted by Gasteiger charge is 2.48. The largest absolute Gasteiger partial charge is 0.332 e. The fraction of sp³-hybridized carbons (Fsp3) is 0.556. The third-order valence-corrected chi connectivity index (χ3v) is 6.30. The fourth-order valence-corrected chi connectivity index (χ4v) is 5.09. The van der Waals surface area contributed by atoms with Crippen molar-refractivity contribution in [2.45, 2.75) is 61.7 Å². The number of nitrogens with zero attached hydrogens (tertiary/aromatic N) is 3. The lowest BCUT2D eigenvalue weighted by atomic mass is 9.95. The molecule has 2 unspecified atom stereocenters. The number of imide groups is 1. The Kier molecular flexibility index (Phi) is 4.27. The van der Waals surface area contributed by atoms with Crippen molar-refractivity contribution in [1.29, 1.82) is 0 Å². The first kappa shape index (κ1) is 16.6. The van der Waals surface area contributed by atoms with E-state index in [2.05, 4.69) is 4.98 Å². The number of aromatic nitrogens is 1. The Hall–Kier alpha value is -1.89. The van der Waals surface area contributed by atoms with E-state index < -0.39 is 0 Å². The van der Waals surface area contributed by atoms with Gasteiger partial charge in [0.2, 0.25) is 11.8 Å². The number of pyridine rings is 1. The first-order valence-electron chi connectivity index (χ1n) is 8.76. The van der Waals surface area contributed by atoms with Gasteiger partial charge in [0.15, 0.2) is 0 Å². The van der Waals surface area contributed by atoms with Gasteiger partial charge in [-0.15, -0.1) is 11.8 Å². The third-order valence-electron chi connectivity index (χ3n) is 5.59. The van der Waals surface area contributed by atoms with Gasteiger partial charge in [0.25, 0.3) is 5.91 Å². The number of thioether (sulfide) groups is 1. The molecule has 0 aliphatic carbocycles. The van der Waals surface area contributed by atoms with Crippen molar-refractivity contribution < 1.29 is 14.4 Å². The predicted octanol–water partition coefficient (Wildman–Crippen LogP) is 2.09. The number of rotatable bonds is 3. The molecular formula is C18H21N3O3S. The average Bonchev–Trinajstić information content (AvgIpc) is 3.09. The first-order chi connectivity index (χ1) is 12.1. The Morgan fingerprint density at radius 1 is 1.12 bits per heavy atom. The zero-order valence-electron chi connectivity index (χ0n) is 14.2. The molecule has 0 saturated carbocycles. The van der Waals surface area contributed by atoms with E-state index >= 15 is 0 Å². The van der Waals surface area contributed by atoms with E-state index in [1.807, 2.05) is 17.2 Å². The van der Waals surface area contributed by atoms with Gasteiger partial charge in [-0.3, -0.25) is 19.3 Å². The normalized spacial score (nSPS) is 28.8. The summed E-state index contributed by atoms with van der Waals surface area (Å²) in [7, 11) is 0. The van der Waals surface area contributed by atoms with E-state index in [1.54, 1.807) is 12.3 Å². The molecule has 1 aromatic rings. The third kappa shape index (κ3) is 2.74. The van der Waals surface area contributed by atoms with E-state index in [0.29, 0.717) is 31.2 Å². The number of likely N-dealkylation sites (tertiary alicyclic amines) is 1. The molecule has 7 heteroatoms. The highest BCUT2D eigenvalue weighted by Crippen LogP contribution is 2.40. The molecule has 3 aliphatic rings. The minimum atomic E-state index is -0.0499. The lowest BCUT2D eigenvalue weighted by Crippen LogP contribution is -2.53. The molecule has 4 rings (SSSR count). The van der Waals surface area contributed by atoms with Crippen LogP contribution in [0.25, 0.3) is 0 Å². The Labute approximate surface area is 151 Å². The number of carbonyl (C=O) groups is 3. The van der Waals surface area contributed by atoms with Gasteiger partial charge < -0.3 is 4.90 Å². The monoisotopic (exact) mass is 359 g/mol. The van der Waals surface area contributed by atoms with Crippen molar-refractivity contribution in [2.24, 2.45) is 0 Å². The van der Waals surface area contributed by atoms with Crippen LogP contribution in [0, 0.1) is 0 Å². The summed E-state index contributed by atoms with van der Waals surface area (Å²) in [5.74, 6) is -0.0697. The number of hydrogen-bond acceptors (Lipinski definition) is 5. The van der Waals surface area contributed by atoms with Crippen molar-refractivity contribution in [3.8, 4) is 0 Å². The van der Waals surface area contributed by atoms with Crippen molar-refractivity contribution in [3.05, 3.63) is 23.9 Å². The molecule has 3 saturated heterocycles. The Bertz CT molecular complexity index is 708. The number of amides is 3. The second-order valence-electron chi connectivity index (χ2n) is 6.94. The van der Waals surface area contributed by atoms with Crippen molar-refractivity contribution >= 4 is 29.5 Å². The molecular weight excluding hydrogens is 338 g/mol. The summed E-state index contributed by atoms with van der Waals surface area (Å²) in [5.41, 5.74) is 0.652. The van der Waals surface area contributed by atoms with E-state index in [4.69, 9.17) is 0 Å². The van der Waals surface area contributed by atoms with Crippen LogP contribution in [0.1, 0.15) is 48.9 Å². The van der Waals surface area contributed by atoms with Gasteiger partial charge in [-0.05, 0) is 44.1 Å². The smallest absolute Gasteiger partial charge is 0.257 e. The summed E-state index contributed by atoms with van der Waals surface area (Å²) < 4.78 is 0.